The number of benzene rings is 2. The molecule has 0 aliphatic carbocycles. The summed E-state index contributed by atoms with van der Waals surface area (Å²) >= 11 is 0. The number of nitrogens with one attached hydrogen (secondary N) is 1. The zero-order chi connectivity index (χ0) is 20.1. The van der Waals surface area contributed by atoms with Crippen LogP contribution in [-0.4, -0.2) is 35.1 Å². The maximum atomic E-state index is 12.3. The molecular formula is C22H26N2O4. The van der Waals surface area contributed by atoms with Gasteiger partial charge in [0.05, 0.1) is 12.0 Å². The van der Waals surface area contributed by atoms with E-state index in [4.69, 9.17) is 9.84 Å². The number of hydrogen-bond donors (Lipinski definition) is 2. The first-order valence-corrected chi connectivity index (χ1v) is 9.49. The summed E-state index contributed by atoms with van der Waals surface area (Å²) in [5.41, 5.74) is 3.29. The Hall–Kier alpha value is -3.02. The van der Waals surface area contributed by atoms with Gasteiger partial charge in [0.2, 0.25) is 0 Å². The van der Waals surface area contributed by atoms with Crippen molar-refractivity contribution in [1.29, 1.82) is 0 Å². The van der Waals surface area contributed by atoms with Crippen molar-refractivity contribution in [1.82, 2.24) is 10.2 Å². The molecule has 0 bridgehead atoms. The summed E-state index contributed by atoms with van der Waals surface area (Å²) in [6, 6.07) is 15.4. The summed E-state index contributed by atoms with van der Waals surface area (Å²) < 4.78 is 5.83. The van der Waals surface area contributed by atoms with E-state index in [1.54, 1.807) is 4.90 Å². The smallest absolute Gasteiger partial charge is 0.317 e. The van der Waals surface area contributed by atoms with Crippen LogP contribution < -0.4 is 10.1 Å². The number of urea groups is 1. The van der Waals surface area contributed by atoms with Gasteiger partial charge < -0.3 is 20.1 Å². The monoisotopic (exact) mass is 382 g/mol. The van der Waals surface area contributed by atoms with Gasteiger partial charge in [-0.25, -0.2) is 4.79 Å². The Morgan fingerprint density at radius 1 is 1.25 bits per heavy atom. The van der Waals surface area contributed by atoms with Crippen molar-refractivity contribution in [3.63, 3.8) is 0 Å². The minimum absolute atomic E-state index is 0.179. The molecule has 0 radical (unpaired) electrons. The summed E-state index contributed by atoms with van der Waals surface area (Å²) in [6.07, 6.45) is 0.504. The van der Waals surface area contributed by atoms with Crippen molar-refractivity contribution in [2.45, 2.75) is 32.9 Å². The number of hydrogen-bond acceptors (Lipinski definition) is 3. The average Bonchev–Trinajstić information content (AvgIpc) is 3.17. The molecule has 2 atom stereocenters. The van der Waals surface area contributed by atoms with Crippen LogP contribution in [0.2, 0.25) is 0 Å². The molecule has 1 heterocycles. The Labute approximate surface area is 165 Å². The summed E-state index contributed by atoms with van der Waals surface area (Å²) in [5.74, 6) is -0.539. The lowest BCUT2D eigenvalue weighted by Crippen LogP contribution is -2.40. The van der Waals surface area contributed by atoms with Gasteiger partial charge in [-0.3, -0.25) is 4.79 Å². The van der Waals surface area contributed by atoms with E-state index in [2.05, 4.69) is 24.4 Å². The van der Waals surface area contributed by atoms with Crippen LogP contribution in [0, 0.1) is 12.8 Å². The molecule has 0 aromatic heterocycles. The molecule has 148 valence electrons. The SMILES string of the molecule is Cc1cccc(COc2ccc(C(C)NC(=O)N3CCC(C(=O)O)C3)cc2)c1. The third-order valence-electron chi connectivity index (χ3n) is 5.03. The summed E-state index contributed by atoms with van der Waals surface area (Å²) in [6.45, 7) is 5.21. The number of carboxylic acid groups (broad SMARTS) is 1. The lowest BCUT2D eigenvalue weighted by atomic mass is 10.1. The molecule has 2 N–H and O–H groups in total. The van der Waals surface area contributed by atoms with Crippen LogP contribution in [0.1, 0.15) is 36.1 Å². The van der Waals surface area contributed by atoms with E-state index in [1.807, 2.05) is 43.3 Å². The molecule has 1 aliphatic heterocycles. The van der Waals surface area contributed by atoms with Crippen molar-refractivity contribution in [3.8, 4) is 5.75 Å². The van der Waals surface area contributed by atoms with Gasteiger partial charge in [0.15, 0.2) is 0 Å². The van der Waals surface area contributed by atoms with Gasteiger partial charge in [-0.15, -0.1) is 0 Å². The number of aryl methyl sites for hydroxylation is 1. The molecule has 2 amide bonds. The van der Waals surface area contributed by atoms with Crippen LogP contribution in [-0.2, 0) is 11.4 Å². The molecule has 1 aliphatic rings. The Kier molecular flexibility index (Phi) is 6.19. The topological polar surface area (TPSA) is 78.9 Å². The molecule has 3 rings (SSSR count). The number of aliphatic carboxylic acids is 1. The van der Waals surface area contributed by atoms with E-state index >= 15 is 0 Å². The first-order valence-electron chi connectivity index (χ1n) is 9.49. The van der Waals surface area contributed by atoms with Crippen molar-refractivity contribution in [3.05, 3.63) is 65.2 Å². The van der Waals surface area contributed by atoms with Crippen LogP contribution in [0.25, 0.3) is 0 Å². The first-order chi connectivity index (χ1) is 13.4. The second-order valence-electron chi connectivity index (χ2n) is 7.29. The van der Waals surface area contributed by atoms with Crippen LogP contribution in [0.3, 0.4) is 0 Å². The average molecular weight is 382 g/mol. The van der Waals surface area contributed by atoms with Crippen LogP contribution in [0.4, 0.5) is 4.79 Å². The van der Waals surface area contributed by atoms with Crippen molar-refractivity contribution < 1.29 is 19.4 Å². The first kappa shape index (κ1) is 19.7. The second kappa shape index (κ2) is 8.78. The number of nitrogens with zero attached hydrogens (tertiary/aromatic N) is 1. The highest BCUT2D eigenvalue weighted by molar-refractivity contribution is 5.77. The molecule has 6 heteroatoms. The molecule has 2 aromatic carbocycles. The third kappa shape index (κ3) is 5.03. The lowest BCUT2D eigenvalue weighted by molar-refractivity contribution is -0.141. The predicted octanol–water partition coefficient (Wildman–Crippen LogP) is 3.75. The van der Waals surface area contributed by atoms with Gasteiger partial charge in [0.25, 0.3) is 0 Å². The van der Waals surface area contributed by atoms with E-state index in [0.29, 0.717) is 19.6 Å². The minimum atomic E-state index is -0.843. The number of likely N-dealkylation sites (tertiary alicyclic amines) is 1. The number of rotatable bonds is 6. The highest BCUT2D eigenvalue weighted by Gasteiger charge is 2.31. The van der Waals surface area contributed by atoms with Crippen molar-refractivity contribution in [2.24, 2.45) is 5.92 Å². The van der Waals surface area contributed by atoms with Gasteiger partial charge in [0.1, 0.15) is 12.4 Å². The van der Waals surface area contributed by atoms with Crippen LogP contribution >= 0.6 is 0 Å². The van der Waals surface area contributed by atoms with E-state index in [0.717, 1.165) is 16.9 Å². The molecular weight excluding hydrogens is 356 g/mol. The van der Waals surface area contributed by atoms with Crippen molar-refractivity contribution in [2.75, 3.05) is 13.1 Å². The Morgan fingerprint density at radius 2 is 2.00 bits per heavy atom. The standard InChI is InChI=1S/C22H26N2O4/c1-15-4-3-5-17(12-15)14-28-20-8-6-18(7-9-20)16(2)23-22(27)24-11-10-19(13-24)21(25)26/h3-9,12,16,19H,10-11,13-14H2,1-2H3,(H,23,27)(H,25,26). The maximum Gasteiger partial charge on any atom is 0.317 e. The van der Waals surface area contributed by atoms with E-state index in [-0.39, 0.29) is 18.6 Å². The Bertz CT molecular complexity index is 835. The van der Waals surface area contributed by atoms with Gasteiger partial charge in [-0.1, -0.05) is 42.0 Å². The zero-order valence-electron chi connectivity index (χ0n) is 16.2. The molecule has 2 unspecified atom stereocenters. The second-order valence-corrected chi connectivity index (χ2v) is 7.29. The quantitative estimate of drug-likeness (QED) is 0.797. The van der Waals surface area contributed by atoms with Crippen molar-refractivity contribution >= 4 is 12.0 Å². The zero-order valence-corrected chi connectivity index (χ0v) is 16.2. The molecule has 2 aromatic rings. The molecule has 0 saturated carbocycles. The lowest BCUT2D eigenvalue weighted by Gasteiger charge is -2.21. The number of carboxylic acids is 1. The van der Waals surface area contributed by atoms with E-state index in [1.165, 1.54) is 5.56 Å². The minimum Gasteiger partial charge on any atom is -0.489 e. The highest BCUT2D eigenvalue weighted by Crippen LogP contribution is 2.21. The number of ether oxygens (including phenoxy) is 1. The molecule has 1 saturated heterocycles. The molecule has 1 fully saturated rings. The van der Waals surface area contributed by atoms with Crippen LogP contribution in [0.15, 0.2) is 48.5 Å². The summed E-state index contributed by atoms with van der Waals surface area (Å²) in [7, 11) is 0. The maximum absolute atomic E-state index is 12.3. The Morgan fingerprint density at radius 3 is 2.64 bits per heavy atom. The molecule has 6 nitrogen and oxygen atoms in total. The number of carbonyl (C=O) groups excluding carboxylic acids is 1. The van der Waals surface area contributed by atoms with Crippen LogP contribution in [0.5, 0.6) is 5.75 Å². The number of amides is 2. The fourth-order valence-electron chi connectivity index (χ4n) is 3.33. The number of carbonyl (C=O) groups is 2. The summed E-state index contributed by atoms with van der Waals surface area (Å²) in [4.78, 5) is 24.9. The largest absolute Gasteiger partial charge is 0.489 e. The summed E-state index contributed by atoms with van der Waals surface area (Å²) in [5, 5.41) is 12.0. The Balaban J connectivity index is 1.51. The van der Waals surface area contributed by atoms with Gasteiger partial charge in [0, 0.05) is 13.1 Å². The van der Waals surface area contributed by atoms with Gasteiger partial charge in [-0.2, -0.15) is 0 Å². The fourth-order valence-corrected chi connectivity index (χ4v) is 3.33. The van der Waals surface area contributed by atoms with E-state index in [9.17, 15) is 9.59 Å². The fraction of sp³-hybridized carbons (Fsp3) is 0.364. The van der Waals surface area contributed by atoms with E-state index < -0.39 is 11.9 Å². The third-order valence-corrected chi connectivity index (χ3v) is 5.03. The van der Waals surface area contributed by atoms with Gasteiger partial charge >= 0.3 is 12.0 Å². The molecule has 0 spiro atoms. The molecule has 28 heavy (non-hydrogen) atoms. The highest BCUT2D eigenvalue weighted by atomic mass is 16.5. The van der Waals surface area contributed by atoms with Gasteiger partial charge in [-0.05, 0) is 43.5 Å². The normalized spacial score (nSPS) is 17.2. The predicted molar refractivity (Wildman–Crippen MR) is 106 cm³/mol.